The first-order chi connectivity index (χ1) is 9.85. The molecule has 0 bridgehead atoms. The maximum absolute atomic E-state index is 12.0. The Bertz CT molecular complexity index is 842. The monoisotopic (exact) mass is 284 g/mol. The number of ketones is 1. The number of hydrogen-bond donors (Lipinski definition) is 2. The minimum atomic E-state index is -1.29. The van der Waals surface area contributed by atoms with Gasteiger partial charge in [-0.3, -0.25) is 10.1 Å². The summed E-state index contributed by atoms with van der Waals surface area (Å²) in [6.07, 6.45) is -0.924. The van der Waals surface area contributed by atoms with Crippen LogP contribution in [0.3, 0.4) is 0 Å². The molecule has 0 aromatic carbocycles. The molecule has 2 heterocycles. The molecule has 106 valence electrons. The van der Waals surface area contributed by atoms with Gasteiger partial charge in [0, 0.05) is 17.4 Å². The zero-order valence-electron chi connectivity index (χ0n) is 11.5. The molecule has 0 radical (unpaired) electrons. The predicted molar refractivity (Wildman–Crippen MR) is 73.5 cm³/mol. The van der Waals surface area contributed by atoms with Gasteiger partial charge in [-0.1, -0.05) is 13.8 Å². The first kappa shape index (κ1) is 13.1. The van der Waals surface area contributed by atoms with Crippen molar-refractivity contribution in [3.63, 3.8) is 0 Å². The van der Waals surface area contributed by atoms with E-state index in [-0.39, 0.29) is 17.2 Å². The minimum absolute atomic E-state index is 0.0199. The molecule has 2 aromatic rings. The molecule has 2 N–H and O–H groups in total. The van der Waals surface area contributed by atoms with E-state index < -0.39 is 11.5 Å². The number of hydrogen-bond acceptors (Lipinski definition) is 4. The maximum atomic E-state index is 12.0. The van der Waals surface area contributed by atoms with Crippen LogP contribution in [0.5, 0.6) is 0 Å². The van der Waals surface area contributed by atoms with E-state index in [0.717, 1.165) is 0 Å². The van der Waals surface area contributed by atoms with Crippen molar-refractivity contribution >= 4 is 23.2 Å². The van der Waals surface area contributed by atoms with Crippen LogP contribution in [0, 0.1) is 11.3 Å². The summed E-state index contributed by atoms with van der Waals surface area (Å²) in [5.74, 6) is 0.00667. The highest BCUT2D eigenvalue weighted by atomic mass is 16.4. The summed E-state index contributed by atoms with van der Waals surface area (Å²) >= 11 is 0. The van der Waals surface area contributed by atoms with E-state index in [1.807, 2.05) is 19.9 Å². The summed E-state index contributed by atoms with van der Waals surface area (Å²) in [6.45, 7) is 3.85. The lowest BCUT2D eigenvalue weighted by Gasteiger charge is -2.18. The molecule has 0 saturated heterocycles. The molecular weight excluding hydrogens is 272 g/mol. The molecule has 7 heteroatoms. The topological polar surface area (TPSA) is 107 Å². The second-order valence-corrected chi connectivity index (χ2v) is 5.64. The van der Waals surface area contributed by atoms with Gasteiger partial charge in [0.1, 0.15) is 11.6 Å². The zero-order valence-corrected chi connectivity index (χ0v) is 11.5. The average molecular weight is 284 g/mol. The van der Waals surface area contributed by atoms with Crippen LogP contribution in [-0.4, -0.2) is 26.6 Å². The fourth-order valence-corrected chi connectivity index (χ4v) is 2.87. The number of nitrogens with one attached hydrogen (secondary N) is 1. The van der Waals surface area contributed by atoms with Gasteiger partial charge in [0.05, 0.1) is 11.2 Å². The molecule has 0 fully saturated rings. The van der Waals surface area contributed by atoms with Crippen LogP contribution in [0.15, 0.2) is 12.1 Å². The van der Waals surface area contributed by atoms with E-state index in [4.69, 9.17) is 5.11 Å². The van der Waals surface area contributed by atoms with Crippen molar-refractivity contribution in [3.05, 3.63) is 29.0 Å². The van der Waals surface area contributed by atoms with E-state index in [1.165, 1.54) is 4.52 Å². The molecule has 1 aliphatic rings. The van der Waals surface area contributed by atoms with Crippen LogP contribution in [0.4, 0.5) is 10.6 Å². The van der Waals surface area contributed by atoms with Crippen LogP contribution >= 0.6 is 0 Å². The number of carbonyl (C=O) groups is 2. The zero-order chi connectivity index (χ0) is 15.4. The maximum Gasteiger partial charge on any atom is 0.410 e. The molecule has 21 heavy (non-hydrogen) atoms. The van der Waals surface area contributed by atoms with Crippen molar-refractivity contribution in [2.24, 2.45) is 0 Å². The van der Waals surface area contributed by atoms with Crippen LogP contribution in [-0.2, 0) is 5.41 Å². The third kappa shape index (κ3) is 1.76. The summed E-state index contributed by atoms with van der Waals surface area (Å²) in [7, 11) is 0. The van der Waals surface area contributed by atoms with E-state index >= 15 is 0 Å². The fraction of sp³-hybridized carbons (Fsp3) is 0.286. The Morgan fingerprint density at radius 2 is 2.24 bits per heavy atom. The standard InChI is InChI=1S/C14H12N4O3/c1-14(2)5-10(19)7-3-4-9-8(6-15)12(16-13(20)21)17-18(9)11(7)14/h3-4H,5H2,1-2H3,(H,16,17)(H,20,21). The largest absolute Gasteiger partial charge is 0.465 e. The SMILES string of the molecule is CC1(C)CC(=O)c2ccc3c(C#N)c(NC(=O)O)nn3c21. The van der Waals surface area contributed by atoms with Gasteiger partial charge in [-0.15, -0.1) is 5.10 Å². The highest BCUT2D eigenvalue weighted by molar-refractivity contribution is 6.02. The third-order valence-electron chi connectivity index (χ3n) is 3.68. The quantitative estimate of drug-likeness (QED) is 0.834. The number of nitriles is 1. The van der Waals surface area contributed by atoms with E-state index in [9.17, 15) is 14.9 Å². The summed E-state index contributed by atoms with van der Waals surface area (Å²) in [5, 5.41) is 24.4. The Kier molecular flexibility index (Phi) is 2.53. The number of nitrogens with zero attached hydrogens (tertiary/aromatic N) is 3. The van der Waals surface area contributed by atoms with Crippen molar-refractivity contribution in [2.45, 2.75) is 25.7 Å². The van der Waals surface area contributed by atoms with Crippen molar-refractivity contribution in [1.82, 2.24) is 9.61 Å². The number of amides is 1. The summed E-state index contributed by atoms with van der Waals surface area (Å²) < 4.78 is 1.50. The Labute approximate surface area is 119 Å². The van der Waals surface area contributed by atoms with Gasteiger partial charge in [-0.2, -0.15) is 5.26 Å². The molecule has 0 saturated carbocycles. The van der Waals surface area contributed by atoms with E-state index in [2.05, 4.69) is 10.4 Å². The molecule has 0 aliphatic heterocycles. The predicted octanol–water partition coefficient (Wildman–Crippen LogP) is 2.16. The fourth-order valence-electron chi connectivity index (χ4n) is 2.87. The summed E-state index contributed by atoms with van der Waals surface area (Å²) in [4.78, 5) is 22.9. The highest BCUT2D eigenvalue weighted by Gasteiger charge is 2.39. The van der Waals surface area contributed by atoms with Crippen molar-refractivity contribution in [1.29, 1.82) is 5.26 Å². The number of rotatable bonds is 1. The van der Waals surface area contributed by atoms with E-state index in [1.54, 1.807) is 12.1 Å². The smallest absolute Gasteiger partial charge is 0.410 e. The number of pyridine rings is 1. The van der Waals surface area contributed by atoms with Gasteiger partial charge >= 0.3 is 6.09 Å². The van der Waals surface area contributed by atoms with Gasteiger partial charge < -0.3 is 5.11 Å². The summed E-state index contributed by atoms with van der Waals surface area (Å²) in [5.41, 5.74) is 1.50. The average Bonchev–Trinajstić information content (AvgIpc) is 2.83. The minimum Gasteiger partial charge on any atom is -0.465 e. The summed E-state index contributed by atoms with van der Waals surface area (Å²) in [6, 6.07) is 5.26. The lowest BCUT2D eigenvalue weighted by atomic mass is 9.90. The Morgan fingerprint density at radius 3 is 2.86 bits per heavy atom. The molecule has 1 amide bonds. The van der Waals surface area contributed by atoms with Crippen LogP contribution in [0.2, 0.25) is 0 Å². The molecule has 2 aromatic heterocycles. The van der Waals surface area contributed by atoms with E-state index in [0.29, 0.717) is 23.2 Å². The van der Waals surface area contributed by atoms with Gasteiger partial charge in [0.25, 0.3) is 0 Å². The lowest BCUT2D eigenvalue weighted by Crippen LogP contribution is -2.17. The molecule has 0 atom stereocenters. The van der Waals surface area contributed by atoms with Crippen molar-refractivity contribution in [2.75, 3.05) is 5.32 Å². The van der Waals surface area contributed by atoms with Gasteiger partial charge in [0.15, 0.2) is 11.6 Å². The van der Waals surface area contributed by atoms with Crippen molar-refractivity contribution in [3.8, 4) is 6.07 Å². The molecular formula is C14H12N4O3. The third-order valence-corrected chi connectivity index (χ3v) is 3.68. The number of carboxylic acid groups (broad SMARTS) is 1. The van der Waals surface area contributed by atoms with Crippen LogP contribution in [0.25, 0.3) is 5.52 Å². The normalized spacial score (nSPS) is 15.8. The number of carbonyl (C=O) groups excluding carboxylic acids is 1. The Hall–Kier alpha value is -2.88. The first-order valence-corrected chi connectivity index (χ1v) is 6.34. The van der Waals surface area contributed by atoms with Crippen LogP contribution < -0.4 is 5.32 Å². The number of anilines is 1. The molecule has 7 nitrogen and oxygen atoms in total. The number of fused-ring (bicyclic) bond motifs is 3. The highest BCUT2D eigenvalue weighted by Crippen LogP contribution is 2.39. The van der Waals surface area contributed by atoms with Crippen molar-refractivity contribution < 1.29 is 14.7 Å². The van der Waals surface area contributed by atoms with Crippen LogP contribution in [0.1, 0.15) is 41.9 Å². The Morgan fingerprint density at radius 1 is 1.52 bits per heavy atom. The molecule has 1 aliphatic carbocycles. The van der Waals surface area contributed by atoms with Gasteiger partial charge in [-0.05, 0) is 12.1 Å². The second kappa shape index (κ2) is 4.06. The molecule has 0 spiro atoms. The first-order valence-electron chi connectivity index (χ1n) is 6.34. The second-order valence-electron chi connectivity index (χ2n) is 5.64. The number of Topliss-reactive ketones (excluding diaryl/α,β-unsaturated/α-hetero) is 1. The van der Waals surface area contributed by atoms with Gasteiger partial charge in [0.2, 0.25) is 0 Å². The Balaban J connectivity index is 2.37. The van der Waals surface area contributed by atoms with Gasteiger partial charge in [-0.25, -0.2) is 9.31 Å². The number of aromatic nitrogens is 2. The lowest BCUT2D eigenvalue weighted by molar-refractivity contribution is 0.0979. The molecule has 3 rings (SSSR count). The molecule has 0 unspecified atom stereocenters.